The lowest BCUT2D eigenvalue weighted by atomic mass is 10.1. The molecule has 0 bridgehead atoms. The first-order chi connectivity index (χ1) is 13.2. The van der Waals surface area contributed by atoms with E-state index in [4.69, 9.17) is 9.22 Å². The molecule has 0 fully saturated rings. The lowest BCUT2D eigenvalue weighted by Gasteiger charge is -2.07. The second-order valence-corrected chi connectivity index (χ2v) is 6.62. The molecule has 0 spiro atoms. The maximum Gasteiger partial charge on any atom is 0.171 e. The number of aromatic nitrogens is 2. The number of halogens is 1. The molecule has 27 heavy (non-hydrogen) atoms. The quantitative estimate of drug-likeness (QED) is 0.240. The minimum absolute atomic E-state index is 0.263. The van der Waals surface area contributed by atoms with Crippen molar-refractivity contribution in [1.29, 1.82) is 0 Å². The van der Waals surface area contributed by atoms with Crippen LogP contribution < -0.4 is 4.89 Å². The smallest absolute Gasteiger partial charge is 0.171 e. The van der Waals surface area contributed by atoms with Crippen LogP contribution in [-0.4, -0.2) is 8.96 Å². The van der Waals surface area contributed by atoms with Gasteiger partial charge in [0.05, 0.1) is 0 Å². The Morgan fingerprint density at radius 2 is 1.85 bits per heavy atom. The van der Waals surface area contributed by atoms with E-state index in [9.17, 15) is 4.39 Å². The van der Waals surface area contributed by atoms with Gasteiger partial charge in [0.25, 0.3) is 0 Å². The summed E-state index contributed by atoms with van der Waals surface area (Å²) in [6, 6.07) is 19.9. The maximum absolute atomic E-state index is 13.5. The van der Waals surface area contributed by atoms with Gasteiger partial charge in [-0.25, -0.2) is 13.3 Å². The molecule has 6 heteroatoms. The number of aryl methyl sites for hydroxylation is 1. The van der Waals surface area contributed by atoms with Crippen LogP contribution >= 0.6 is 12.2 Å². The average Bonchev–Trinajstić information content (AvgIpc) is 3.06. The van der Waals surface area contributed by atoms with Crippen molar-refractivity contribution in [3.8, 4) is 16.9 Å². The highest BCUT2D eigenvalue weighted by Gasteiger charge is 2.12. The van der Waals surface area contributed by atoms with E-state index < -0.39 is 0 Å². The normalized spacial score (nSPS) is 11.0. The predicted molar refractivity (Wildman–Crippen MR) is 106 cm³/mol. The summed E-state index contributed by atoms with van der Waals surface area (Å²) in [7, 11) is 0. The van der Waals surface area contributed by atoms with Gasteiger partial charge in [-0.1, -0.05) is 41.6 Å². The first-order valence-electron chi connectivity index (χ1n) is 8.57. The van der Waals surface area contributed by atoms with Gasteiger partial charge >= 0.3 is 0 Å². The fourth-order valence-corrected chi connectivity index (χ4v) is 3.51. The van der Waals surface area contributed by atoms with E-state index in [1.54, 1.807) is 12.3 Å². The summed E-state index contributed by atoms with van der Waals surface area (Å²) >= 11 is 1.08. The van der Waals surface area contributed by atoms with Gasteiger partial charge in [0.15, 0.2) is 23.6 Å². The van der Waals surface area contributed by atoms with Gasteiger partial charge in [-0.3, -0.25) is 0 Å². The molecule has 2 heterocycles. The molecule has 2 aromatic carbocycles. The molecular weight excluding hydrogens is 363 g/mol. The van der Waals surface area contributed by atoms with Gasteiger partial charge in [-0.05, 0) is 48.4 Å². The molecule has 0 N–H and O–H groups in total. The molecule has 0 aliphatic heterocycles. The average molecular weight is 380 g/mol. The molecule has 0 amide bonds. The van der Waals surface area contributed by atoms with Gasteiger partial charge in [0.2, 0.25) is 0 Å². The molecule has 0 aliphatic rings. The van der Waals surface area contributed by atoms with Crippen molar-refractivity contribution in [2.75, 3.05) is 0 Å². The number of rotatable bonds is 6. The van der Waals surface area contributed by atoms with Crippen LogP contribution in [0.5, 0.6) is 5.75 Å². The minimum Gasteiger partial charge on any atom is -0.324 e. The summed E-state index contributed by atoms with van der Waals surface area (Å²) in [6.45, 7) is 2.07. The van der Waals surface area contributed by atoms with E-state index in [0.717, 1.165) is 46.5 Å². The lowest BCUT2D eigenvalue weighted by Crippen LogP contribution is -1.98. The number of hydrogen-bond acceptors (Lipinski definition) is 4. The molecular formula is C21H17FN2O2S. The topological polar surface area (TPSA) is 36.3 Å². The second-order valence-electron chi connectivity index (χ2n) is 5.97. The van der Waals surface area contributed by atoms with Crippen LogP contribution in [0.3, 0.4) is 0 Å². The first kappa shape index (κ1) is 17.6. The molecule has 2 aromatic heterocycles. The number of benzene rings is 2. The predicted octanol–water partition coefficient (Wildman–Crippen LogP) is 5.83. The third-order valence-electron chi connectivity index (χ3n) is 4.17. The summed E-state index contributed by atoms with van der Waals surface area (Å²) in [5, 5.41) is 0.962. The van der Waals surface area contributed by atoms with Gasteiger partial charge < -0.3 is 4.89 Å². The monoisotopic (exact) mass is 380 g/mol. The van der Waals surface area contributed by atoms with Crippen LogP contribution in [0.15, 0.2) is 72.9 Å². The van der Waals surface area contributed by atoms with Crippen molar-refractivity contribution in [1.82, 2.24) is 8.96 Å². The Bertz CT molecular complexity index is 1070. The van der Waals surface area contributed by atoms with Crippen molar-refractivity contribution in [3.05, 3.63) is 84.4 Å². The number of hydrogen-bond donors (Lipinski definition) is 0. The van der Waals surface area contributed by atoms with Crippen LogP contribution in [0.25, 0.3) is 22.2 Å². The van der Waals surface area contributed by atoms with Crippen LogP contribution in [0, 0.1) is 5.82 Å². The molecule has 4 aromatic rings. The molecule has 0 atom stereocenters. The summed E-state index contributed by atoms with van der Waals surface area (Å²) in [5.41, 5.74) is 3.49. The summed E-state index contributed by atoms with van der Waals surface area (Å²) in [5.74, 6) is 0.363. The number of para-hydroxylation sites is 1. The standard InChI is InChI=1S/C21H17FN2O2S/c1-2-19-13-16-11-17(15-7-6-8-18(22)12-15)14-23-21(16)24(19)27-26-25-20-9-4-3-5-10-20/h3-14H,2H2,1H3. The molecule has 0 aliphatic carbocycles. The summed E-state index contributed by atoms with van der Waals surface area (Å²) in [4.78, 5) is 9.87. The van der Waals surface area contributed by atoms with E-state index in [1.165, 1.54) is 12.1 Å². The first-order valence-corrected chi connectivity index (χ1v) is 9.27. The van der Waals surface area contributed by atoms with Crippen LogP contribution in [-0.2, 0) is 10.8 Å². The SMILES string of the molecule is CCc1cc2cc(-c3cccc(F)c3)cnc2n1SOOc1ccccc1. The Labute approximate surface area is 160 Å². The highest BCUT2D eigenvalue weighted by molar-refractivity contribution is 7.93. The summed E-state index contributed by atoms with van der Waals surface area (Å²) < 4.78 is 20.7. The number of fused-ring (bicyclic) bond motifs is 1. The Morgan fingerprint density at radius 3 is 2.63 bits per heavy atom. The zero-order chi connectivity index (χ0) is 18.6. The van der Waals surface area contributed by atoms with Crippen molar-refractivity contribution in [3.63, 3.8) is 0 Å². The molecule has 136 valence electrons. The van der Waals surface area contributed by atoms with E-state index in [-0.39, 0.29) is 5.82 Å². The fraction of sp³-hybridized carbons (Fsp3) is 0.0952. The zero-order valence-corrected chi connectivity index (χ0v) is 15.4. The fourth-order valence-electron chi connectivity index (χ4n) is 2.84. The van der Waals surface area contributed by atoms with E-state index >= 15 is 0 Å². The minimum atomic E-state index is -0.263. The lowest BCUT2D eigenvalue weighted by molar-refractivity contribution is -0.0786. The van der Waals surface area contributed by atoms with Crippen molar-refractivity contribution >= 4 is 23.3 Å². The maximum atomic E-state index is 13.5. The molecule has 0 unspecified atom stereocenters. The van der Waals surface area contributed by atoms with Gasteiger partial charge in [0, 0.05) is 22.8 Å². The second kappa shape index (κ2) is 7.82. The van der Waals surface area contributed by atoms with Gasteiger partial charge in [0.1, 0.15) is 5.82 Å². The van der Waals surface area contributed by atoms with Crippen molar-refractivity contribution in [2.45, 2.75) is 13.3 Å². The Morgan fingerprint density at radius 1 is 1.00 bits per heavy atom. The zero-order valence-electron chi connectivity index (χ0n) is 14.6. The highest BCUT2D eigenvalue weighted by atomic mass is 32.2. The molecule has 0 saturated carbocycles. The van der Waals surface area contributed by atoms with E-state index in [1.807, 2.05) is 46.4 Å². The Hall–Kier alpha value is -2.83. The molecule has 4 nitrogen and oxygen atoms in total. The largest absolute Gasteiger partial charge is 0.324 e. The Balaban J connectivity index is 1.60. The highest BCUT2D eigenvalue weighted by Crippen LogP contribution is 2.29. The Kier molecular flexibility index (Phi) is 5.09. The van der Waals surface area contributed by atoms with Crippen molar-refractivity contribution in [2.24, 2.45) is 0 Å². The van der Waals surface area contributed by atoms with E-state index in [2.05, 4.69) is 18.0 Å². The van der Waals surface area contributed by atoms with Crippen molar-refractivity contribution < 1.29 is 13.6 Å². The van der Waals surface area contributed by atoms with Crippen LogP contribution in [0.2, 0.25) is 0 Å². The van der Waals surface area contributed by atoms with Crippen LogP contribution in [0.4, 0.5) is 4.39 Å². The summed E-state index contributed by atoms with van der Waals surface area (Å²) in [6.07, 6.45) is 2.55. The number of pyridine rings is 1. The van der Waals surface area contributed by atoms with Crippen LogP contribution in [0.1, 0.15) is 12.6 Å². The van der Waals surface area contributed by atoms with Gasteiger partial charge in [-0.15, -0.1) is 0 Å². The molecule has 0 saturated heterocycles. The van der Waals surface area contributed by atoms with Gasteiger partial charge in [-0.2, -0.15) is 0 Å². The molecule has 0 radical (unpaired) electrons. The molecule has 4 rings (SSSR count). The third-order valence-corrected chi connectivity index (χ3v) is 4.85. The number of nitrogens with zero attached hydrogens (tertiary/aromatic N) is 2. The van der Waals surface area contributed by atoms with E-state index in [0.29, 0.717) is 5.75 Å². The third kappa shape index (κ3) is 3.82.